The van der Waals surface area contributed by atoms with Crippen molar-refractivity contribution in [1.82, 2.24) is 25.3 Å². The number of amides is 2. The van der Waals surface area contributed by atoms with Crippen LogP contribution in [0.25, 0.3) is 0 Å². The smallest absolute Gasteiger partial charge is 0.407 e. The zero-order chi connectivity index (χ0) is 55.6. The van der Waals surface area contributed by atoms with Crippen molar-refractivity contribution < 1.29 is 86.4 Å². The van der Waals surface area contributed by atoms with E-state index in [1.165, 1.54) is 0 Å². The standard InChI is InChI=1S/C52H97N5O18/c1-6-68-49(63)19-24-55(30-38-71-47(61)18-14-10-8-12-16-23-54-52(66)75-40-32-57(29-37-70-45(4)5)26-21-51(65)74-42-34-59)27-35-67-43-46(60)53-22-15-11-7-9-13-17-48(62)72-39-31-56(28-36-69-44(2)3)25-20-50(64)73-41-33-58/h44-45,58-59H,6-43H2,1-5H3,(H,53,60)(H,54,66). The number of nitrogens with one attached hydrogen (secondary N) is 2. The van der Waals surface area contributed by atoms with Crippen molar-refractivity contribution >= 4 is 41.8 Å². The maximum Gasteiger partial charge on any atom is 0.407 e. The molecule has 0 aromatic carbocycles. The molecule has 0 aromatic heterocycles. The van der Waals surface area contributed by atoms with E-state index in [4.69, 9.17) is 52.8 Å². The van der Waals surface area contributed by atoms with Crippen LogP contribution in [0.4, 0.5) is 4.79 Å². The molecule has 0 aliphatic carbocycles. The summed E-state index contributed by atoms with van der Waals surface area (Å²) in [5, 5.41) is 23.3. The van der Waals surface area contributed by atoms with Gasteiger partial charge in [-0.15, -0.1) is 0 Å². The van der Waals surface area contributed by atoms with Gasteiger partial charge in [0, 0.05) is 84.8 Å². The van der Waals surface area contributed by atoms with Crippen molar-refractivity contribution in [3.05, 3.63) is 0 Å². The highest BCUT2D eigenvalue weighted by molar-refractivity contribution is 5.77. The lowest BCUT2D eigenvalue weighted by Crippen LogP contribution is -2.35. The first-order valence-electron chi connectivity index (χ1n) is 27.3. The van der Waals surface area contributed by atoms with E-state index in [0.29, 0.717) is 104 Å². The Kier molecular flexibility index (Phi) is 47.7. The number of nitrogens with zero attached hydrogens (tertiary/aromatic N) is 3. The van der Waals surface area contributed by atoms with Gasteiger partial charge in [0.2, 0.25) is 5.91 Å². The Morgan fingerprint density at radius 3 is 1.20 bits per heavy atom. The summed E-state index contributed by atoms with van der Waals surface area (Å²) < 4.78 is 48.0. The fourth-order valence-electron chi connectivity index (χ4n) is 7.00. The topological polar surface area (TPSA) is 277 Å². The van der Waals surface area contributed by atoms with E-state index >= 15 is 0 Å². The summed E-state index contributed by atoms with van der Waals surface area (Å²) in [6, 6.07) is 0. The zero-order valence-corrected chi connectivity index (χ0v) is 46.3. The van der Waals surface area contributed by atoms with Gasteiger partial charge in [-0.1, -0.05) is 38.5 Å². The molecule has 0 bridgehead atoms. The number of rotatable bonds is 52. The minimum absolute atomic E-state index is 0.0354. The molecule has 0 aliphatic rings. The highest BCUT2D eigenvalue weighted by Gasteiger charge is 2.15. The van der Waals surface area contributed by atoms with Gasteiger partial charge in [0.05, 0.1) is 71.1 Å². The lowest BCUT2D eigenvalue weighted by molar-refractivity contribution is -0.146. The summed E-state index contributed by atoms with van der Waals surface area (Å²) in [6.07, 6.45) is 8.83. The molecule has 75 heavy (non-hydrogen) atoms. The van der Waals surface area contributed by atoms with Crippen molar-refractivity contribution in [2.24, 2.45) is 0 Å². The molecule has 23 nitrogen and oxygen atoms in total. The molecule has 4 N–H and O–H groups in total. The third-order valence-electron chi connectivity index (χ3n) is 11.1. The molecule has 0 unspecified atom stereocenters. The van der Waals surface area contributed by atoms with Gasteiger partial charge in [0.25, 0.3) is 0 Å². The SMILES string of the molecule is CCOC(=O)CCN(CCOCC(=O)NCCCCCCCC(=O)OCCN(CCOC(C)C)CCC(=O)OCCO)CCOC(=O)CCCCCCCNC(=O)OCCN(CCOC(C)C)CCC(=O)OCCO. The van der Waals surface area contributed by atoms with Gasteiger partial charge in [0.15, 0.2) is 0 Å². The number of ether oxygens (including phenoxy) is 9. The van der Waals surface area contributed by atoms with Crippen LogP contribution in [0.15, 0.2) is 0 Å². The second-order valence-corrected chi connectivity index (χ2v) is 18.2. The molecule has 0 saturated carbocycles. The number of carbonyl (C=O) groups is 7. The Labute approximate surface area is 446 Å². The van der Waals surface area contributed by atoms with E-state index in [0.717, 1.165) is 51.4 Å². The van der Waals surface area contributed by atoms with Crippen LogP contribution in [0.5, 0.6) is 0 Å². The highest BCUT2D eigenvalue weighted by atomic mass is 16.6. The molecule has 438 valence electrons. The van der Waals surface area contributed by atoms with Crippen molar-refractivity contribution in [3.63, 3.8) is 0 Å². The molecular formula is C52H97N5O18. The molecule has 0 rings (SSSR count). The fourth-order valence-corrected chi connectivity index (χ4v) is 7.00. The van der Waals surface area contributed by atoms with E-state index in [2.05, 4.69) is 10.6 Å². The van der Waals surface area contributed by atoms with E-state index in [-0.39, 0.29) is 128 Å². The number of alkyl carbamates (subject to hydrolysis) is 1. The zero-order valence-electron chi connectivity index (χ0n) is 46.3. The molecule has 0 aromatic rings. The average molecular weight is 1080 g/mol. The Hall–Kier alpha value is -4.23. The van der Waals surface area contributed by atoms with Crippen LogP contribution in [-0.2, 0) is 71.4 Å². The summed E-state index contributed by atoms with van der Waals surface area (Å²) in [6.45, 7) is 15.8. The number of unbranched alkanes of at least 4 members (excludes halogenated alkanes) is 8. The number of aliphatic hydroxyl groups is 2. The predicted octanol–water partition coefficient (Wildman–Crippen LogP) is 3.17. The van der Waals surface area contributed by atoms with Gasteiger partial charge >= 0.3 is 35.9 Å². The van der Waals surface area contributed by atoms with Crippen LogP contribution in [0.3, 0.4) is 0 Å². The van der Waals surface area contributed by atoms with Crippen molar-refractivity contribution in [2.45, 2.75) is 143 Å². The van der Waals surface area contributed by atoms with E-state index in [1.54, 1.807) is 6.92 Å². The predicted molar refractivity (Wildman–Crippen MR) is 279 cm³/mol. The minimum atomic E-state index is -0.516. The third kappa shape index (κ3) is 49.1. The van der Waals surface area contributed by atoms with Crippen LogP contribution in [-0.4, -0.2) is 230 Å². The van der Waals surface area contributed by atoms with Gasteiger partial charge in [-0.3, -0.25) is 43.5 Å². The molecule has 0 aliphatic heterocycles. The number of aliphatic hydroxyl groups excluding tert-OH is 2. The molecule has 0 saturated heterocycles. The second-order valence-electron chi connectivity index (χ2n) is 18.2. The first-order valence-corrected chi connectivity index (χ1v) is 27.3. The van der Waals surface area contributed by atoms with E-state index in [1.807, 2.05) is 42.4 Å². The Balaban J connectivity index is 4.24. The van der Waals surface area contributed by atoms with Crippen molar-refractivity contribution in [3.8, 4) is 0 Å². The van der Waals surface area contributed by atoms with Crippen molar-refractivity contribution in [1.29, 1.82) is 0 Å². The normalized spacial score (nSPS) is 11.4. The monoisotopic (exact) mass is 1080 g/mol. The van der Waals surface area contributed by atoms with Crippen LogP contribution in [0.2, 0.25) is 0 Å². The average Bonchev–Trinajstić information content (AvgIpc) is 3.37. The van der Waals surface area contributed by atoms with Gasteiger partial charge < -0.3 is 63.5 Å². The summed E-state index contributed by atoms with van der Waals surface area (Å²) in [5.74, 6) is -1.95. The highest BCUT2D eigenvalue weighted by Crippen LogP contribution is 2.08. The first-order chi connectivity index (χ1) is 36.2. The van der Waals surface area contributed by atoms with Gasteiger partial charge in [-0.25, -0.2) is 4.79 Å². The third-order valence-corrected chi connectivity index (χ3v) is 11.1. The summed E-state index contributed by atoms with van der Waals surface area (Å²) in [5.41, 5.74) is 0. The quantitative estimate of drug-likeness (QED) is 0.0387. The molecule has 0 spiro atoms. The number of hydrogen-bond acceptors (Lipinski definition) is 21. The van der Waals surface area contributed by atoms with E-state index in [9.17, 15) is 33.6 Å². The molecule has 0 atom stereocenters. The van der Waals surface area contributed by atoms with Crippen LogP contribution >= 0.6 is 0 Å². The maximum atomic E-state index is 12.4. The Morgan fingerprint density at radius 2 is 0.760 bits per heavy atom. The van der Waals surface area contributed by atoms with Crippen LogP contribution in [0, 0.1) is 0 Å². The summed E-state index contributed by atoms with van der Waals surface area (Å²) in [7, 11) is 0. The van der Waals surface area contributed by atoms with Gasteiger partial charge in [-0.2, -0.15) is 0 Å². The summed E-state index contributed by atoms with van der Waals surface area (Å²) >= 11 is 0. The lowest BCUT2D eigenvalue weighted by atomic mass is 10.1. The molecule has 0 radical (unpaired) electrons. The maximum absolute atomic E-state index is 12.4. The van der Waals surface area contributed by atoms with Crippen LogP contribution in [0.1, 0.15) is 131 Å². The molecule has 23 heteroatoms. The Bertz CT molecular complexity index is 1480. The minimum Gasteiger partial charge on any atom is -0.466 e. The fraction of sp³-hybridized carbons (Fsp3) is 0.865. The van der Waals surface area contributed by atoms with E-state index < -0.39 is 18.0 Å². The first kappa shape index (κ1) is 70.8. The van der Waals surface area contributed by atoms with Gasteiger partial charge in [0.1, 0.15) is 39.6 Å². The molecule has 2 amide bonds. The second kappa shape index (κ2) is 50.6. The number of carbonyl (C=O) groups excluding carboxylic acids is 7. The molecular weight excluding hydrogens is 983 g/mol. The number of hydrogen-bond donors (Lipinski definition) is 4. The number of esters is 5. The van der Waals surface area contributed by atoms with Crippen LogP contribution < -0.4 is 10.6 Å². The largest absolute Gasteiger partial charge is 0.466 e. The molecule has 0 fully saturated rings. The summed E-state index contributed by atoms with van der Waals surface area (Å²) in [4.78, 5) is 90.9. The molecule has 0 heterocycles. The van der Waals surface area contributed by atoms with Gasteiger partial charge in [-0.05, 0) is 60.3 Å². The van der Waals surface area contributed by atoms with Crippen molar-refractivity contribution in [2.75, 3.05) is 151 Å². The lowest BCUT2D eigenvalue weighted by Gasteiger charge is -2.22. The Morgan fingerprint density at radius 1 is 0.400 bits per heavy atom.